The summed E-state index contributed by atoms with van der Waals surface area (Å²) in [5, 5.41) is 14.4. The second kappa shape index (κ2) is 18.5. The molecule has 0 aliphatic heterocycles. The van der Waals surface area contributed by atoms with Crippen LogP contribution < -0.4 is 0 Å². The van der Waals surface area contributed by atoms with E-state index in [4.69, 9.17) is 29.7 Å². The van der Waals surface area contributed by atoms with Gasteiger partial charge >= 0.3 is 0 Å². The monoisotopic (exact) mass is 966 g/mol. The Kier molecular flexibility index (Phi) is 10.9. The summed E-state index contributed by atoms with van der Waals surface area (Å²) in [5.74, 6) is 0.607. The first-order valence-electron chi connectivity index (χ1n) is 24.6. The maximum absolute atomic E-state index is 10.3. The van der Waals surface area contributed by atoms with Crippen molar-refractivity contribution < 1.29 is 0 Å². The van der Waals surface area contributed by atoms with Crippen molar-refractivity contribution in [3.05, 3.63) is 270 Å². The fourth-order valence-corrected chi connectivity index (χ4v) is 10.8. The molecule has 0 radical (unpaired) electrons. The average Bonchev–Trinajstić information content (AvgIpc) is 4.11. The van der Waals surface area contributed by atoms with Crippen LogP contribution in [0.1, 0.15) is 5.56 Å². The van der Waals surface area contributed by atoms with Crippen molar-refractivity contribution in [2.75, 3.05) is 0 Å². The molecule has 0 amide bonds. The van der Waals surface area contributed by atoms with Gasteiger partial charge in [-0.15, -0.1) is 0 Å². The molecule has 13 rings (SSSR count). The molecular weight excluding hydrogens is 929 g/mol. The van der Waals surface area contributed by atoms with Crippen molar-refractivity contribution in [1.82, 2.24) is 19.1 Å². The van der Waals surface area contributed by atoms with E-state index in [1.807, 2.05) is 60.7 Å². The van der Waals surface area contributed by atoms with Crippen LogP contribution >= 0.6 is 0 Å². The molecule has 10 aromatic carbocycles. The number of rotatable bonds is 8. The van der Waals surface area contributed by atoms with E-state index in [1.165, 1.54) is 0 Å². The molecule has 0 atom stereocenters. The SMILES string of the molecule is [C-]#[N+]c1ccc(-c2ccc3c(c2)c2ccccc2n3-c2cccc(-c3cc(-c4ccccc4)nc(-c4ccccc4)n3)c2-c2ccccc2-n2c3ccccc3c3cc(-c4ccc([N+]#[C-])cc4[N+]#[C-])ccc32)c(C#N)c1. The molecule has 0 unspecified atom stereocenters. The molecule has 0 bridgehead atoms. The minimum absolute atomic E-state index is 0.422. The smallest absolute Gasteiger partial charge is 0.188 e. The molecule has 0 saturated heterocycles. The standard InChI is InChI=1S/C68H38N8/c1-70-48-31-33-50(47(37-48)42-69)45-29-35-65-56(38-45)53-22-11-14-26-62(53)76(65)66-28-16-24-54(60-41-58(43-17-6-4-7-18-43)73-68(74-60)44-19-8-5-9-20-44)67(66)55-23-12-15-27-63(55)75-61-25-13-10-21-52(61)57-39-46(30-36-64(57)75)51-34-32-49(71-2)40-59(51)72-3/h4-41H. The zero-order valence-electron chi connectivity index (χ0n) is 40.5. The number of nitrogens with zero attached hydrogens (tertiary/aromatic N) is 8. The van der Waals surface area contributed by atoms with Crippen LogP contribution in [0.4, 0.5) is 17.1 Å². The lowest BCUT2D eigenvalue weighted by molar-refractivity contribution is 1.15. The predicted molar refractivity (Wildman–Crippen MR) is 307 cm³/mol. The Morgan fingerprint density at radius 3 is 1.55 bits per heavy atom. The van der Waals surface area contributed by atoms with Gasteiger partial charge in [0.1, 0.15) is 0 Å². The molecule has 0 aliphatic rings. The molecule has 0 saturated carbocycles. The van der Waals surface area contributed by atoms with Crippen LogP contribution in [0.2, 0.25) is 0 Å². The van der Waals surface area contributed by atoms with E-state index in [0.717, 1.165) is 116 Å². The first-order valence-corrected chi connectivity index (χ1v) is 24.6. The summed E-state index contributed by atoms with van der Waals surface area (Å²) in [6.45, 7) is 23.2. The zero-order chi connectivity index (χ0) is 51.3. The summed E-state index contributed by atoms with van der Waals surface area (Å²) in [4.78, 5) is 21.7. The van der Waals surface area contributed by atoms with E-state index in [2.05, 4.69) is 175 Å². The van der Waals surface area contributed by atoms with Gasteiger partial charge in [-0.1, -0.05) is 170 Å². The van der Waals surface area contributed by atoms with Crippen LogP contribution in [0.15, 0.2) is 231 Å². The van der Waals surface area contributed by atoms with E-state index < -0.39 is 0 Å². The molecule has 76 heavy (non-hydrogen) atoms. The van der Waals surface area contributed by atoms with Crippen LogP contribution in [0, 0.1) is 31.0 Å². The summed E-state index contributed by atoms with van der Waals surface area (Å²) in [7, 11) is 0. The molecule has 0 spiro atoms. The molecule has 13 aromatic rings. The number of hydrogen-bond acceptors (Lipinski definition) is 3. The molecular formula is C68H38N8. The van der Waals surface area contributed by atoms with Crippen molar-refractivity contribution in [1.29, 1.82) is 5.26 Å². The van der Waals surface area contributed by atoms with E-state index in [1.54, 1.807) is 24.3 Å². The maximum Gasteiger partial charge on any atom is 0.188 e. The highest BCUT2D eigenvalue weighted by molar-refractivity contribution is 6.13. The van der Waals surface area contributed by atoms with Gasteiger partial charge in [-0.25, -0.2) is 24.5 Å². The van der Waals surface area contributed by atoms with Gasteiger partial charge in [-0.05, 0) is 82.9 Å². The van der Waals surface area contributed by atoms with Crippen molar-refractivity contribution in [3.63, 3.8) is 0 Å². The minimum Gasteiger partial charge on any atom is -0.309 e. The Balaban J connectivity index is 1.11. The first kappa shape index (κ1) is 44.8. The molecule has 350 valence electrons. The molecule has 3 aromatic heterocycles. The lowest BCUT2D eigenvalue weighted by atomic mass is 9.93. The van der Waals surface area contributed by atoms with E-state index >= 15 is 0 Å². The molecule has 8 heteroatoms. The Morgan fingerprint density at radius 2 is 0.895 bits per heavy atom. The van der Waals surface area contributed by atoms with Crippen molar-refractivity contribution in [2.24, 2.45) is 0 Å². The lowest BCUT2D eigenvalue weighted by Crippen LogP contribution is -2.04. The van der Waals surface area contributed by atoms with E-state index in [0.29, 0.717) is 28.5 Å². The third-order valence-corrected chi connectivity index (χ3v) is 14.3. The largest absolute Gasteiger partial charge is 0.309 e. The third-order valence-electron chi connectivity index (χ3n) is 14.3. The second-order valence-corrected chi connectivity index (χ2v) is 18.5. The van der Waals surface area contributed by atoms with Crippen LogP contribution in [0.5, 0.6) is 0 Å². The number of para-hydroxylation sites is 3. The van der Waals surface area contributed by atoms with Gasteiger partial charge in [0.05, 0.1) is 70.6 Å². The van der Waals surface area contributed by atoms with Gasteiger partial charge in [-0.2, -0.15) is 5.26 Å². The first-order chi connectivity index (χ1) is 37.5. The zero-order valence-corrected chi connectivity index (χ0v) is 40.5. The van der Waals surface area contributed by atoms with Gasteiger partial charge in [0.25, 0.3) is 0 Å². The Bertz CT molecular complexity index is 4630. The van der Waals surface area contributed by atoms with Gasteiger partial charge in [0, 0.05) is 54.9 Å². The quantitative estimate of drug-likeness (QED) is 0.142. The van der Waals surface area contributed by atoms with Gasteiger partial charge in [0.15, 0.2) is 22.9 Å². The topological polar surface area (TPSA) is 72.5 Å². The number of hydrogen-bond donors (Lipinski definition) is 0. The molecule has 0 aliphatic carbocycles. The van der Waals surface area contributed by atoms with Crippen molar-refractivity contribution in [3.8, 4) is 84.7 Å². The highest BCUT2D eigenvalue weighted by Gasteiger charge is 2.25. The van der Waals surface area contributed by atoms with Crippen molar-refractivity contribution in [2.45, 2.75) is 0 Å². The van der Waals surface area contributed by atoms with Gasteiger partial charge in [-0.3, -0.25) is 0 Å². The molecule has 3 heterocycles. The summed E-state index contributed by atoms with van der Waals surface area (Å²) in [6, 6.07) is 80.1. The Hall–Kier alpha value is -11.2. The predicted octanol–water partition coefficient (Wildman–Crippen LogP) is 18.2. The minimum atomic E-state index is 0.422. The second-order valence-electron chi connectivity index (χ2n) is 18.5. The van der Waals surface area contributed by atoms with Crippen LogP contribution in [-0.4, -0.2) is 19.1 Å². The van der Waals surface area contributed by atoms with Crippen LogP contribution in [0.3, 0.4) is 0 Å². The number of benzene rings is 10. The van der Waals surface area contributed by atoms with Gasteiger partial charge < -0.3 is 9.13 Å². The molecule has 0 N–H and O–H groups in total. The third kappa shape index (κ3) is 7.43. The molecule has 8 nitrogen and oxygen atoms in total. The number of fused-ring (bicyclic) bond motifs is 6. The summed E-state index contributed by atoms with van der Waals surface area (Å²) in [5.41, 5.74) is 17.1. The van der Waals surface area contributed by atoms with Gasteiger partial charge in [0.2, 0.25) is 0 Å². The fourth-order valence-electron chi connectivity index (χ4n) is 10.8. The number of aromatic nitrogens is 4. The highest BCUT2D eigenvalue weighted by atomic mass is 15.0. The maximum atomic E-state index is 10.3. The van der Waals surface area contributed by atoms with E-state index in [-0.39, 0.29) is 0 Å². The van der Waals surface area contributed by atoms with Crippen molar-refractivity contribution >= 4 is 60.7 Å². The van der Waals surface area contributed by atoms with E-state index in [9.17, 15) is 5.26 Å². The summed E-state index contributed by atoms with van der Waals surface area (Å²) in [6.07, 6.45) is 0. The lowest BCUT2D eigenvalue weighted by Gasteiger charge is -2.22. The summed E-state index contributed by atoms with van der Waals surface area (Å²) < 4.78 is 4.69. The average molecular weight is 967 g/mol. The highest BCUT2D eigenvalue weighted by Crippen LogP contribution is 2.47. The Labute approximate surface area is 438 Å². The van der Waals surface area contributed by atoms with Crippen LogP contribution in [-0.2, 0) is 0 Å². The fraction of sp³-hybridized carbons (Fsp3) is 0. The Morgan fingerprint density at radius 1 is 0.368 bits per heavy atom. The normalized spacial score (nSPS) is 11.1. The van der Waals surface area contributed by atoms with Crippen LogP contribution in [0.25, 0.3) is 137 Å². The molecule has 0 fully saturated rings. The number of nitriles is 1. The summed E-state index contributed by atoms with van der Waals surface area (Å²) >= 11 is 0.